The van der Waals surface area contributed by atoms with Crippen LogP contribution in [0.25, 0.3) is 0 Å². The van der Waals surface area contributed by atoms with Gasteiger partial charge in [0.2, 0.25) is 5.95 Å². The maximum atomic E-state index is 13.0. The SMILES string of the molecule is Cc1cc(C)nc(Nc2cccc(C(=O)N3CCN(C4CCS(=O)(=O)C4)CC3)c2)n1. The van der Waals surface area contributed by atoms with E-state index in [1.54, 1.807) is 0 Å². The lowest BCUT2D eigenvalue weighted by Crippen LogP contribution is -2.52. The summed E-state index contributed by atoms with van der Waals surface area (Å²) in [5, 5.41) is 3.18. The van der Waals surface area contributed by atoms with E-state index in [0.717, 1.165) is 17.1 Å². The minimum absolute atomic E-state index is 0.0151. The monoisotopic (exact) mass is 429 g/mol. The zero-order valence-corrected chi connectivity index (χ0v) is 18.2. The third-order valence-electron chi connectivity index (χ3n) is 5.67. The van der Waals surface area contributed by atoms with E-state index in [4.69, 9.17) is 0 Å². The first kappa shape index (κ1) is 20.7. The van der Waals surface area contributed by atoms with Gasteiger partial charge in [0.1, 0.15) is 0 Å². The zero-order valence-electron chi connectivity index (χ0n) is 17.3. The Kier molecular flexibility index (Phi) is 5.75. The largest absolute Gasteiger partial charge is 0.336 e. The Balaban J connectivity index is 1.39. The van der Waals surface area contributed by atoms with Crippen LogP contribution < -0.4 is 5.32 Å². The summed E-state index contributed by atoms with van der Waals surface area (Å²) in [6, 6.07) is 9.36. The first-order chi connectivity index (χ1) is 14.3. The molecular formula is C21H27N5O3S. The van der Waals surface area contributed by atoms with Crippen molar-refractivity contribution in [1.82, 2.24) is 19.8 Å². The van der Waals surface area contributed by atoms with Crippen molar-refractivity contribution in [2.24, 2.45) is 0 Å². The van der Waals surface area contributed by atoms with Crippen LogP contribution in [0.2, 0.25) is 0 Å². The minimum Gasteiger partial charge on any atom is -0.336 e. The molecule has 4 rings (SSSR count). The predicted octanol–water partition coefficient (Wildman–Crippen LogP) is 1.78. The number of piperazine rings is 1. The Morgan fingerprint density at radius 1 is 1.07 bits per heavy atom. The lowest BCUT2D eigenvalue weighted by Gasteiger charge is -2.37. The molecule has 1 aromatic heterocycles. The van der Waals surface area contributed by atoms with Crippen molar-refractivity contribution in [2.45, 2.75) is 26.3 Å². The number of anilines is 2. The summed E-state index contributed by atoms with van der Waals surface area (Å²) < 4.78 is 23.5. The van der Waals surface area contributed by atoms with Gasteiger partial charge in [-0.15, -0.1) is 0 Å². The number of aromatic nitrogens is 2. The highest BCUT2D eigenvalue weighted by molar-refractivity contribution is 7.91. The van der Waals surface area contributed by atoms with E-state index in [0.29, 0.717) is 44.1 Å². The third kappa shape index (κ3) is 4.79. The molecule has 160 valence electrons. The number of hydrogen-bond acceptors (Lipinski definition) is 7. The van der Waals surface area contributed by atoms with Crippen molar-refractivity contribution in [3.63, 3.8) is 0 Å². The maximum absolute atomic E-state index is 13.0. The Morgan fingerprint density at radius 3 is 2.40 bits per heavy atom. The molecule has 1 N–H and O–H groups in total. The summed E-state index contributed by atoms with van der Waals surface area (Å²) in [7, 11) is -2.89. The molecule has 0 bridgehead atoms. The third-order valence-corrected chi connectivity index (χ3v) is 7.42. The molecule has 1 aromatic carbocycles. The molecule has 1 unspecified atom stereocenters. The van der Waals surface area contributed by atoms with Gasteiger partial charge in [0, 0.05) is 54.9 Å². The predicted molar refractivity (Wildman–Crippen MR) is 116 cm³/mol. The van der Waals surface area contributed by atoms with Crippen molar-refractivity contribution in [2.75, 3.05) is 43.0 Å². The lowest BCUT2D eigenvalue weighted by molar-refractivity contribution is 0.0588. The Morgan fingerprint density at radius 2 is 1.77 bits per heavy atom. The normalized spacial score (nSPS) is 21.5. The van der Waals surface area contributed by atoms with Crippen LogP contribution in [-0.4, -0.2) is 77.8 Å². The Labute approximate surface area is 177 Å². The van der Waals surface area contributed by atoms with Crippen molar-refractivity contribution in [3.8, 4) is 0 Å². The molecule has 0 spiro atoms. The van der Waals surface area contributed by atoms with E-state index in [-0.39, 0.29) is 23.5 Å². The molecular weight excluding hydrogens is 402 g/mol. The quantitative estimate of drug-likeness (QED) is 0.791. The fourth-order valence-electron chi connectivity index (χ4n) is 4.18. The summed E-state index contributed by atoms with van der Waals surface area (Å²) in [6.07, 6.45) is 0.699. The lowest BCUT2D eigenvalue weighted by atomic mass is 10.1. The van der Waals surface area contributed by atoms with Gasteiger partial charge in [-0.2, -0.15) is 0 Å². The van der Waals surface area contributed by atoms with E-state index in [1.165, 1.54) is 0 Å². The summed E-state index contributed by atoms with van der Waals surface area (Å²) in [5.41, 5.74) is 3.14. The van der Waals surface area contributed by atoms with Crippen molar-refractivity contribution in [1.29, 1.82) is 0 Å². The second-order valence-corrected chi connectivity index (χ2v) is 10.3. The summed E-state index contributed by atoms with van der Waals surface area (Å²) in [6.45, 7) is 6.46. The van der Waals surface area contributed by atoms with E-state index in [9.17, 15) is 13.2 Å². The van der Waals surface area contributed by atoms with Gasteiger partial charge in [-0.3, -0.25) is 9.69 Å². The molecule has 2 aliphatic rings. The Hall–Kier alpha value is -2.52. The van der Waals surface area contributed by atoms with Gasteiger partial charge in [0.05, 0.1) is 11.5 Å². The van der Waals surface area contributed by atoms with Crippen molar-refractivity contribution in [3.05, 3.63) is 47.3 Å². The van der Waals surface area contributed by atoms with Crippen molar-refractivity contribution < 1.29 is 13.2 Å². The number of benzene rings is 1. The average Bonchev–Trinajstić information content (AvgIpc) is 3.07. The highest BCUT2D eigenvalue weighted by Gasteiger charge is 2.34. The number of aryl methyl sites for hydroxylation is 2. The number of carbonyl (C=O) groups excluding carboxylic acids is 1. The van der Waals surface area contributed by atoms with Gasteiger partial charge in [-0.25, -0.2) is 18.4 Å². The van der Waals surface area contributed by atoms with E-state index >= 15 is 0 Å². The fourth-order valence-corrected chi connectivity index (χ4v) is 5.94. The number of carbonyl (C=O) groups is 1. The smallest absolute Gasteiger partial charge is 0.254 e. The second kappa shape index (κ2) is 8.31. The number of hydrogen-bond donors (Lipinski definition) is 1. The first-order valence-electron chi connectivity index (χ1n) is 10.2. The van der Waals surface area contributed by atoms with Crippen LogP contribution in [0.1, 0.15) is 28.2 Å². The number of sulfone groups is 1. The van der Waals surface area contributed by atoms with Crippen LogP contribution >= 0.6 is 0 Å². The molecule has 2 fully saturated rings. The average molecular weight is 430 g/mol. The summed E-state index contributed by atoms with van der Waals surface area (Å²) in [5.74, 6) is 1.02. The number of amides is 1. The second-order valence-electron chi connectivity index (χ2n) is 8.07. The highest BCUT2D eigenvalue weighted by atomic mass is 32.2. The van der Waals surface area contributed by atoms with Crippen LogP contribution in [0.5, 0.6) is 0 Å². The number of nitrogens with zero attached hydrogens (tertiary/aromatic N) is 4. The van der Waals surface area contributed by atoms with Crippen LogP contribution in [0, 0.1) is 13.8 Å². The van der Waals surface area contributed by atoms with E-state index < -0.39 is 9.84 Å². The van der Waals surface area contributed by atoms with Gasteiger partial charge < -0.3 is 10.2 Å². The maximum Gasteiger partial charge on any atom is 0.254 e. The summed E-state index contributed by atoms with van der Waals surface area (Å²) in [4.78, 5) is 25.8. The van der Waals surface area contributed by atoms with Crippen LogP contribution in [0.4, 0.5) is 11.6 Å². The van der Waals surface area contributed by atoms with Gasteiger partial charge in [-0.05, 0) is 44.5 Å². The highest BCUT2D eigenvalue weighted by Crippen LogP contribution is 2.21. The minimum atomic E-state index is -2.89. The van der Waals surface area contributed by atoms with Gasteiger partial charge in [0.25, 0.3) is 5.91 Å². The Bertz CT molecular complexity index is 1030. The van der Waals surface area contributed by atoms with E-state index in [1.807, 2.05) is 49.1 Å². The van der Waals surface area contributed by atoms with Crippen LogP contribution in [0.15, 0.2) is 30.3 Å². The van der Waals surface area contributed by atoms with Crippen LogP contribution in [-0.2, 0) is 9.84 Å². The summed E-state index contributed by atoms with van der Waals surface area (Å²) >= 11 is 0. The van der Waals surface area contributed by atoms with Gasteiger partial charge >= 0.3 is 0 Å². The number of nitrogens with one attached hydrogen (secondary N) is 1. The van der Waals surface area contributed by atoms with Crippen LogP contribution in [0.3, 0.4) is 0 Å². The molecule has 0 saturated carbocycles. The molecule has 30 heavy (non-hydrogen) atoms. The van der Waals surface area contributed by atoms with E-state index in [2.05, 4.69) is 20.2 Å². The molecule has 9 heteroatoms. The first-order valence-corrected chi connectivity index (χ1v) is 12.0. The molecule has 2 saturated heterocycles. The standard InChI is InChI=1S/C21H27N5O3S/c1-15-12-16(2)23-21(22-15)24-18-5-3-4-17(13-18)20(27)26-9-7-25(8-10-26)19-6-11-30(28,29)14-19/h3-5,12-13,19H,6-11,14H2,1-2H3,(H,22,23,24). The van der Waals surface area contributed by atoms with Gasteiger partial charge in [-0.1, -0.05) is 6.07 Å². The molecule has 1 amide bonds. The molecule has 0 aliphatic carbocycles. The molecule has 1 atom stereocenters. The molecule has 3 heterocycles. The molecule has 2 aliphatic heterocycles. The number of rotatable bonds is 4. The molecule has 2 aromatic rings. The fraction of sp³-hybridized carbons (Fsp3) is 0.476. The van der Waals surface area contributed by atoms with Crippen molar-refractivity contribution >= 4 is 27.4 Å². The topological polar surface area (TPSA) is 95.5 Å². The van der Waals surface area contributed by atoms with Gasteiger partial charge in [0.15, 0.2) is 9.84 Å². The molecule has 0 radical (unpaired) electrons. The molecule has 8 nitrogen and oxygen atoms in total. The zero-order chi connectivity index (χ0) is 21.3.